The maximum Gasteiger partial charge on any atom is 0.343 e. The number of nitrogens with one attached hydrogen (secondary N) is 1. The summed E-state index contributed by atoms with van der Waals surface area (Å²) in [5.74, 6) is -1.24. The number of piperazine rings is 1. The maximum absolute atomic E-state index is 13.0. The van der Waals surface area contributed by atoms with Gasteiger partial charge in [0.25, 0.3) is 0 Å². The van der Waals surface area contributed by atoms with E-state index in [1.165, 1.54) is 31.4 Å². The summed E-state index contributed by atoms with van der Waals surface area (Å²) in [5.41, 5.74) is -1.44. The van der Waals surface area contributed by atoms with Crippen LogP contribution in [0.5, 0.6) is 5.75 Å². The zero-order chi connectivity index (χ0) is 33.3. The molecule has 2 aromatic rings. The number of H-pyrrole nitrogens is 1. The standard InChI is InChI=1S/C23H35N5O2/c1-18(16-22-24-25-23(29)28(22)17-19-8-4-3-5-9-19)26-12-14-27(15-13-26)20-10-6-7-11-21(20)30-2/h6-7,10-11,18-19H,3-5,8-9,12-17H2,1-2H3,(H,25,29)/i1D3,12D,13D2,14D2,15D2,16D2,18D/hD. The van der Waals surface area contributed by atoms with E-state index in [1.807, 2.05) is 0 Å². The van der Waals surface area contributed by atoms with E-state index in [-0.39, 0.29) is 33.9 Å². The van der Waals surface area contributed by atoms with Gasteiger partial charge in [-0.2, -0.15) is 5.10 Å². The van der Waals surface area contributed by atoms with Crippen molar-refractivity contribution in [3.8, 4) is 5.75 Å². The Morgan fingerprint density at radius 3 is 3.00 bits per heavy atom. The van der Waals surface area contributed by atoms with Crippen molar-refractivity contribution in [2.24, 2.45) is 5.92 Å². The molecular weight excluding hydrogens is 378 g/mol. The molecule has 4 rings (SSSR count). The predicted octanol–water partition coefficient (Wildman–Crippen LogP) is 2.91. The third-order valence-corrected chi connectivity index (χ3v) is 5.28. The lowest BCUT2D eigenvalue weighted by atomic mass is 9.89. The molecule has 7 heteroatoms. The summed E-state index contributed by atoms with van der Waals surface area (Å²) in [6.07, 6.45) is 0.240. The van der Waals surface area contributed by atoms with Crippen LogP contribution in [0.2, 0.25) is 1.41 Å². The Hall–Kier alpha value is -2.28. The van der Waals surface area contributed by atoms with E-state index in [0.29, 0.717) is 17.7 Å². The van der Waals surface area contributed by atoms with Gasteiger partial charge in [-0.25, -0.2) is 9.89 Å². The van der Waals surface area contributed by atoms with Crippen molar-refractivity contribution >= 4 is 5.69 Å². The number of hydrogen-bond acceptors (Lipinski definition) is 5. The molecule has 0 radical (unpaired) electrons. The summed E-state index contributed by atoms with van der Waals surface area (Å²) in [7, 11) is 1.21. The zero-order valence-electron chi connectivity index (χ0n) is 30.8. The number of methoxy groups -OCH3 is 1. The number of benzene rings is 1. The SMILES string of the molecule is [2H]C1N(C([2H])(C([2H])([2H])[2H])C([2H])([2H])c2nn([2H])c(=O)n2CC2CCCCC2)C([2H])([2H])C([2H])([2H])N(c2ccccc2OC)C1([2H])[2H]. The number of para-hydroxylation sites is 2. The van der Waals surface area contributed by atoms with Gasteiger partial charge in [0.1, 0.15) is 11.6 Å². The van der Waals surface area contributed by atoms with Gasteiger partial charge >= 0.3 is 5.69 Å². The minimum atomic E-state index is -3.96. The first kappa shape index (κ1) is 9.90. The lowest BCUT2D eigenvalue weighted by Gasteiger charge is -2.39. The van der Waals surface area contributed by atoms with E-state index >= 15 is 0 Å². The predicted molar refractivity (Wildman–Crippen MR) is 119 cm³/mol. The van der Waals surface area contributed by atoms with E-state index in [0.717, 1.165) is 23.8 Å². The quantitative estimate of drug-likeness (QED) is 0.736. The van der Waals surface area contributed by atoms with E-state index in [1.54, 1.807) is 0 Å². The Bertz CT molecular complexity index is 1420. The Labute approximate surface area is 198 Å². The average molecular weight is 428 g/mol. The van der Waals surface area contributed by atoms with Gasteiger partial charge in [0.2, 0.25) is 0 Å². The number of nitrogens with zero attached hydrogens (tertiary/aromatic N) is 4. The molecular formula is C23H35N5O2. The third-order valence-electron chi connectivity index (χ3n) is 5.28. The minimum absolute atomic E-state index is 0.0287. The van der Waals surface area contributed by atoms with Crippen molar-refractivity contribution in [3.63, 3.8) is 0 Å². The topological polar surface area (TPSA) is 66.4 Å². The highest BCUT2D eigenvalue weighted by Crippen LogP contribution is 2.29. The summed E-state index contributed by atoms with van der Waals surface area (Å²) >= 11 is 0. The van der Waals surface area contributed by atoms with Crippen molar-refractivity contribution < 1.29 is 24.0 Å². The second-order valence-corrected chi connectivity index (χ2v) is 7.25. The van der Waals surface area contributed by atoms with E-state index < -0.39 is 56.8 Å². The van der Waals surface area contributed by atoms with Crippen LogP contribution in [0, 0.1) is 5.92 Å². The fourth-order valence-corrected chi connectivity index (χ4v) is 3.69. The third kappa shape index (κ3) is 4.72. The van der Waals surface area contributed by atoms with Crippen LogP contribution >= 0.6 is 0 Å². The number of anilines is 1. The number of aromatic amines is 1. The molecule has 7 nitrogen and oxygen atoms in total. The summed E-state index contributed by atoms with van der Waals surface area (Å²) < 4.78 is 128. The van der Waals surface area contributed by atoms with Gasteiger partial charge in [-0.3, -0.25) is 9.47 Å². The molecule has 2 unspecified atom stereocenters. The largest absolute Gasteiger partial charge is 0.495 e. The van der Waals surface area contributed by atoms with E-state index in [4.69, 9.17) is 22.6 Å². The first-order valence-corrected chi connectivity index (χ1v) is 9.94. The van der Waals surface area contributed by atoms with Gasteiger partial charge in [-0.1, -0.05) is 31.4 Å². The molecule has 0 spiro atoms. The molecule has 164 valence electrons. The fourth-order valence-electron chi connectivity index (χ4n) is 3.69. The first-order chi connectivity index (χ1) is 20.1. The number of hydrogen-bond donors (Lipinski definition) is 1. The van der Waals surface area contributed by atoms with Crippen molar-refractivity contribution in [2.75, 3.05) is 38.0 Å². The summed E-state index contributed by atoms with van der Waals surface area (Å²) in [5, 5.41) is 3.65. The van der Waals surface area contributed by atoms with Gasteiger partial charge < -0.3 is 9.64 Å². The second-order valence-electron chi connectivity index (χ2n) is 7.25. The fraction of sp³-hybridized carbons (Fsp3) is 0.652. The molecule has 1 aliphatic carbocycles. The van der Waals surface area contributed by atoms with Crippen LogP contribution in [-0.4, -0.2) is 58.8 Å². The molecule has 2 aliphatic rings. The molecule has 1 saturated heterocycles. The van der Waals surface area contributed by atoms with Gasteiger partial charge in [0, 0.05) is 57.3 Å². The van der Waals surface area contributed by atoms with Crippen molar-refractivity contribution in [2.45, 2.75) is 57.9 Å². The number of ether oxygens (including phenoxy) is 1. The molecule has 0 bridgehead atoms. The molecule has 2 fully saturated rings. The summed E-state index contributed by atoms with van der Waals surface area (Å²) in [4.78, 5) is 13.0. The van der Waals surface area contributed by atoms with Crippen LogP contribution in [-0.2, 0) is 12.9 Å². The van der Waals surface area contributed by atoms with Gasteiger partial charge in [-0.15, -0.1) is 0 Å². The van der Waals surface area contributed by atoms with Gasteiger partial charge in [0.15, 0.2) is 1.41 Å². The first-order valence-electron chi connectivity index (χ1n) is 17.0. The zero-order valence-corrected chi connectivity index (χ0v) is 16.8. The Balaban J connectivity index is 1.96. The van der Waals surface area contributed by atoms with Crippen LogP contribution in [0.1, 0.15) is 62.6 Å². The number of rotatable bonds is 7. The average Bonchev–Trinajstić information content (AvgIpc) is 3.21. The second kappa shape index (κ2) is 9.69. The molecule has 1 aliphatic heterocycles. The normalized spacial score (nSPS) is 36.0. The Morgan fingerprint density at radius 2 is 2.20 bits per heavy atom. The van der Waals surface area contributed by atoms with E-state index in [9.17, 15) is 6.17 Å². The maximum atomic E-state index is 13.0. The van der Waals surface area contributed by atoms with E-state index in [2.05, 4.69) is 5.10 Å². The van der Waals surface area contributed by atoms with Crippen LogP contribution in [0.15, 0.2) is 29.1 Å². The summed E-state index contributed by atoms with van der Waals surface area (Å²) in [6, 6.07) is 1.49. The molecule has 1 N–H and O–H groups in total. The van der Waals surface area contributed by atoms with Crippen LogP contribution in [0.3, 0.4) is 0 Å². The van der Waals surface area contributed by atoms with Gasteiger partial charge in [0.05, 0.1) is 18.3 Å². The van der Waals surface area contributed by atoms with Crippen molar-refractivity contribution in [3.05, 3.63) is 40.6 Å². The smallest absolute Gasteiger partial charge is 0.343 e. The molecule has 2 atom stereocenters. The van der Waals surface area contributed by atoms with Crippen molar-refractivity contribution in [1.29, 1.82) is 0 Å². The molecule has 1 saturated carbocycles. The van der Waals surface area contributed by atoms with Crippen LogP contribution < -0.4 is 15.3 Å². The Morgan fingerprint density at radius 1 is 1.37 bits per heavy atom. The molecule has 2 heterocycles. The molecule has 30 heavy (non-hydrogen) atoms. The highest BCUT2D eigenvalue weighted by Gasteiger charge is 2.25. The lowest BCUT2D eigenvalue weighted by Crippen LogP contribution is -2.50. The monoisotopic (exact) mass is 427 g/mol. The Kier molecular flexibility index (Phi) is 3.19. The van der Waals surface area contributed by atoms with Gasteiger partial charge in [-0.05, 0) is 37.7 Å². The highest BCUT2D eigenvalue weighted by molar-refractivity contribution is 5.58. The van der Waals surface area contributed by atoms with Crippen molar-refractivity contribution in [1.82, 2.24) is 19.7 Å². The van der Waals surface area contributed by atoms with Crippen LogP contribution in [0.25, 0.3) is 0 Å². The minimum Gasteiger partial charge on any atom is -0.495 e. The molecule has 1 aromatic heterocycles. The molecule has 1 aromatic carbocycles. The molecule has 0 amide bonds. The highest BCUT2D eigenvalue weighted by atomic mass is 16.5. The van der Waals surface area contributed by atoms with Crippen LogP contribution in [0.4, 0.5) is 5.69 Å². The number of aromatic nitrogens is 3. The lowest BCUT2D eigenvalue weighted by molar-refractivity contribution is 0.192. The summed E-state index contributed by atoms with van der Waals surface area (Å²) in [6.45, 7) is -17.4.